The molecule has 6 nitrogen and oxygen atoms in total. The molecule has 1 amide bonds. The second kappa shape index (κ2) is 7.69. The molecule has 11 heteroatoms. The molecule has 0 spiro atoms. The second-order valence-electron chi connectivity index (χ2n) is 6.13. The molecule has 0 aliphatic rings. The Morgan fingerprint density at radius 3 is 2.53 bits per heavy atom. The Kier molecular flexibility index (Phi) is 5.20. The van der Waals surface area contributed by atoms with Gasteiger partial charge in [0.05, 0.1) is 11.4 Å². The van der Waals surface area contributed by atoms with Crippen molar-refractivity contribution in [1.82, 2.24) is 19.6 Å². The van der Waals surface area contributed by atoms with E-state index in [0.717, 1.165) is 10.5 Å². The molecule has 0 bridgehead atoms. The van der Waals surface area contributed by atoms with Crippen molar-refractivity contribution >= 4 is 44.8 Å². The fourth-order valence-electron chi connectivity index (χ4n) is 2.72. The lowest BCUT2D eigenvalue weighted by molar-refractivity contribution is -0.142. The van der Waals surface area contributed by atoms with E-state index in [1.165, 1.54) is 18.3 Å². The Hall–Kier alpha value is -2.98. The van der Waals surface area contributed by atoms with Crippen molar-refractivity contribution in [3.05, 3.63) is 75.7 Å². The number of benzene rings is 1. The minimum atomic E-state index is -4.71. The smallest absolute Gasteiger partial charge is 0.318 e. The minimum absolute atomic E-state index is 0.0428. The summed E-state index contributed by atoms with van der Waals surface area (Å²) in [4.78, 5) is 20.6. The summed E-state index contributed by atoms with van der Waals surface area (Å²) in [5.41, 5.74) is -0.624. The predicted octanol–water partition coefficient (Wildman–Crippen LogP) is 5.48. The topological polar surface area (TPSA) is 72.2 Å². The lowest BCUT2D eigenvalue weighted by Crippen LogP contribution is -2.16. The molecule has 4 rings (SSSR count). The summed E-state index contributed by atoms with van der Waals surface area (Å²) < 4.78 is 42.4. The quantitative estimate of drug-likeness (QED) is 0.381. The van der Waals surface area contributed by atoms with Crippen LogP contribution in [0, 0.1) is 0 Å². The first-order valence-corrected chi connectivity index (χ1v) is 9.55. The fourth-order valence-corrected chi connectivity index (χ4v) is 3.15. The fraction of sp³-hybridized carbons (Fsp3) is 0.0526. The first-order chi connectivity index (χ1) is 14.2. The molecule has 3 aromatic heterocycles. The van der Waals surface area contributed by atoms with Crippen LogP contribution >= 0.6 is 27.5 Å². The monoisotopic (exact) mass is 495 g/mol. The van der Waals surface area contributed by atoms with Gasteiger partial charge in [0.15, 0.2) is 22.2 Å². The van der Waals surface area contributed by atoms with Gasteiger partial charge < -0.3 is 5.32 Å². The number of pyridine rings is 1. The standard InChI is InChI=1S/C19H10BrClF3N5O/c20-11-5-3-10(4-6-11)13-8-15(19(22,23)24)29-16(26-13)9-14(28-29)18(30)27-12-2-1-7-25-17(12)21/h1-9H,(H,27,30). The normalized spacial score (nSPS) is 11.6. The zero-order chi connectivity index (χ0) is 21.5. The molecule has 0 radical (unpaired) electrons. The van der Waals surface area contributed by atoms with Crippen LogP contribution in [0.4, 0.5) is 18.9 Å². The van der Waals surface area contributed by atoms with Crippen molar-refractivity contribution in [3.8, 4) is 11.3 Å². The van der Waals surface area contributed by atoms with Crippen LogP contribution in [-0.4, -0.2) is 25.5 Å². The van der Waals surface area contributed by atoms with Gasteiger partial charge in [-0.05, 0) is 30.3 Å². The molecule has 0 unspecified atom stereocenters. The summed E-state index contributed by atoms with van der Waals surface area (Å²) in [7, 11) is 0. The number of carbonyl (C=O) groups is 1. The largest absolute Gasteiger partial charge is 0.433 e. The molecule has 0 saturated heterocycles. The summed E-state index contributed by atoms with van der Waals surface area (Å²) in [6.45, 7) is 0. The number of alkyl halides is 3. The van der Waals surface area contributed by atoms with Crippen molar-refractivity contribution in [1.29, 1.82) is 0 Å². The molecule has 4 aromatic rings. The van der Waals surface area contributed by atoms with Crippen molar-refractivity contribution < 1.29 is 18.0 Å². The van der Waals surface area contributed by atoms with Crippen molar-refractivity contribution in [2.45, 2.75) is 6.18 Å². The van der Waals surface area contributed by atoms with E-state index in [9.17, 15) is 18.0 Å². The molecule has 1 aromatic carbocycles. The lowest BCUT2D eigenvalue weighted by Gasteiger charge is -2.11. The number of rotatable bonds is 3. The van der Waals surface area contributed by atoms with Crippen LogP contribution in [0.3, 0.4) is 0 Å². The number of halogens is 5. The molecule has 152 valence electrons. The Morgan fingerprint density at radius 2 is 1.87 bits per heavy atom. The Morgan fingerprint density at radius 1 is 1.13 bits per heavy atom. The number of fused-ring (bicyclic) bond motifs is 1. The van der Waals surface area contributed by atoms with E-state index >= 15 is 0 Å². The van der Waals surface area contributed by atoms with E-state index in [0.29, 0.717) is 10.1 Å². The van der Waals surface area contributed by atoms with Crippen LogP contribution in [0.15, 0.2) is 59.2 Å². The van der Waals surface area contributed by atoms with Crippen LogP contribution in [-0.2, 0) is 6.18 Å². The molecule has 0 fully saturated rings. The Labute approximate surface area is 180 Å². The SMILES string of the molecule is O=C(Nc1cccnc1Cl)c1cc2nc(-c3ccc(Br)cc3)cc(C(F)(F)F)n2n1. The molecule has 0 atom stereocenters. The van der Waals surface area contributed by atoms with Gasteiger partial charge in [-0.25, -0.2) is 14.5 Å². The van der Waals surface area contributed by atoms with Crippen LogP contribution in [0.5, 0.6) is 0 Å². The van der Waals surface area contributed by atoms with Crippen molar-refractivity contribution in [2.75, 3.05) is 5.32 Å². The number of hydrogen-bond donors (Lipinski definition) is 1. The van der Waals surface area contributed by atoms with Gasteiger partial charge in [0.1, 0.15) is 0 Å². The van der Waals surface area contributed by atoms with Gasteiger partial charge in [-0.15, -0.1) is 0 Å². The summed E-state index contributed by atoms with van der Waals surface area (Å²) in [6.07, 6.45) is -3.27. The van der Waals surface area contributed by atoms with E-state index in [1.54, 1.807) is 30.3 Å². The highest BCUT2D eigenvalue weighted by Gasteiger charge is 2.35. The summed E-state index contributed by atoms with van der Waals surface area (Å²) in [6, 6.07) is 11.8. The van der Waals surface area contributed by atoms with Crippen molar-refractivity contribution in [3.63, 3.8) is 0 Å². The van der Waals surface area contributed by atoms with Crippen LogP contribution in [0.2, 0.25) is 5.15 Å². The van der Waals surface area contributed by atoms with Crippen LogP contribution < -0.4 is 5.32 Å². The Bertz CT molecular complexity index is 1260. The zero-order valence-electron chi connectivity index (χ0n) is 14.8. The summed E-state index contributed by atoms with van der Waals surface area (Å²) in [5.74, 6) is -0.742. The summed E-state index contributed by atoms with van der Waals surface area (Å²) in [5, 5.41) is 6.32. The molecule has 1 N–H and O–H groups in total. The van der Waals surface area contributed by atoms with E-state index in [2.05, 4.69) is 36.3 Å². The highest BCUT2D eigenvalue weighted by Crippen LogP contribution is 2.32. The summed E-state index contributed by atoms with van der Waals surface area (Å²) >= 11 is 9.19. The molecule has 3 heterocycles. The third-order valence-electron chi connectivity index (χ3n) is 4.10. The van der Waals surface area contributed by atoms with E-state index in [1.807, 2.05) is 0 Å². The molecule has 0 saturated carbocycles. The first-order valence-electron chi connectivity index (χ1n) is 8.38. The third kappa shape index (κ3) is 4.01. The predicted molar refractivity (Wildman–Crippen MR) is 108 cm³/mol. The molecule has 0 aliphatic carbocycles. The van der Waals surface area contributed by atoms with E-state index in [-0.39, 0.29) is 27.9 Å². The van der Waals surface area contributed by atoms with Gasteiger partial charge in [-0.1, -0.05) is 39.7 Å². The molecule has 30 heavy (non-hydrogen) atoms. The third-order valence-corrected chi connectivity index (χ3v) is 4.93. The highest BCUT2D eigenvalue weighted by molar-refractivity contribution is 9.10. The van der Waals surface area contributed by atoms with Gasteiger partial charge in [-0.3, -0.25) is 4.79 Å². The van der Waals surface area contributed by atoms with Gasteiger partial charge in [0, 0.05) is 22.3 Å². The molecular weight excluding hydrogens is 487 g/mol. The maximum atomic E-state index is 13.7. The van der Waals surface area contributed by atoms with Gasteiger partial charge >= 0.3 is 6.18 Å². The maximum Gasteiger partial charge on any atom is 0.433 e. The number of aromatic nitrogens is 4. The van der Waals surface area contributed by atoms with Crippen LogP contribution in [0.25, 0.3) is 16.9 Å². The second-order valence-corrected chi connectivity index (χ2v) is 7.40. The first kappa shape index (κ1) is 20.3. The minimum Gasteiger partial charge on any atom is -0.318 e. The highest BCUT2D eigenvalue weighted by atomic mass is 79.9. The number of anilines is 1. The van der Waals surface area contributed by atoms with Crippen molar-refractivity contribution in [2.24, 2.45) is 0 Å². The van der Waals surface area contributed by atoms with E-state index in [4.69, 9.17) is 11.6 Å². The number of amides is 1. The average molecular weight is 497 g/mol. The van der Waals surface area contributed by atoms with Gasteiger partial charge in [0.25, 0.3) is 5.91 Å². The number of nitrogens with zero attached hydrogens (tertiary/aromatic N) is 4. The van der Waals surface area contributed by atoms with Gasteiger partial charge in [-0.2, -0.15) is 18.3 Å². The average Bonchev–Trinajstić information content (AvgIpc) is 3.13. The lowest BCUT2D eigenvalue weighted by atomic mass is 10.1. The van der Waals surface area contributed by atoms with Gasteiger partial charge in [0.2, 0.25) is 0 Å². The van der Waals surface area contributed by atoms with E-state index < -0.39 is 17.8 Å². The number of carbonyl (C=O) groups excluding carboxylic acids is 1. The zero-order valence-corrected chi connectivity index (χ0v) is 17.1. The number of hydrogen-bond acceptors (Lipinski definition) is 4. The Balaban J connectivity index is 1.80. The van der Waals surface area contributed by atoms with Crippen LogP contribution in [0.1, 0.15) is 16.2 Å². The maximum absolute atomic E-state index is 13.7. The molecular formula is C19H10BrClF3N5O. The number of nitrogens with one attached hydrogen (secondary N) is 1. The molecule has 0 aliphatic heterocycles.